The molecule has 2 heterocycles. The van der Waals surface area contributed by atoms with Crippen LogP contribution in [0.15, 0.2) is 18.2 Å². The summed E-state index contributed by atoms with van der Waals surface area (Å²) in [5.41, 5.74) is 0.599. The summed E-state index contributed by atoms with van der Waals surface area (Å²) in [4.78, 5) is 4.48. The molecule has 0 atom stereocenters. The van der Waals surface area contributed by atoms with Crippen molar-refractivity contribution >= 4 is 11.6 Å². The number of rotatable bonds is 4. The molecule has 1 aliphatic rings. The Morgan fingerprint density at radius 3 is 2.52 bits per heavy atom. The van der Waals surface area contributed by atoms with Gasteiger partial charge in [0.1, 0.15) is 16.8 Å². The van der Waals surface area contributed by atoms with Crippen LogP contribution in [0.5, 0.6) is 0 Å². The zero-order valence-electron chi connectivity index (χ0n) is 13.0. The van der Waals surface area contributed by atoms with E-state index in [2.05, 4.69) is 47.4 Å². The van der Waals surface area contributed by atoms with Crippen LogP contribution in [-0.2, 0) is 5.41 Å². The molecule has 2 aromatic rings. The van der Waals surface area contributed by atoms with Crippen molar-refractivity contribution in [1.82, 2.24) is 19.7 Å². The van der Waals surface area contributed by atoms with E-state index in [4.69, 9.17) is 11.6 Å². The number of pyridine rings is 1. The van der Waals surface area contributed by atoms with E-state index >= 15 is 0 Å². The number of halogens is 1. The van der Waals surface area contributed by atoms with Gasteiger partial charge < -0.3 is 4.57 Å². The molecular formula is C16H21ClN4. The van der Waals surface area contributed by atoms with Gasteiger partial charge in [0.2, 0.25) is 0 Å². The molecule has 2 aromatic heterocycles. The predicted molar refractivity (Wildman–Crippen MR) is 83.8 cm³/mol. The normalized spacial score (nSPS) is 15.7. The van der Waals surface area contributed by atoms with Crippen LogP contribution in [0.4, 0.5) is 0 Å². The van der Waals surface area contributed by atoms with Crippen molar-refractivity contribution in [1.29, 1.82) is 0 Å². The van der Waals surface area contributed by atoms with Crippen molar-refractivity contribution in [2.45, 2.75) is 57.9 Å². The second kappa shape index (κ2) is 5.09. The van der Waals surface area contributed by atoms with E-state index in [-0.39, 0.29) is 5.41 Å². The Kier molecular flexibility index (Phi) is 3.52. The van der Waals surface area contributed by atoms with Crippen molar-refractivity contribution in [3.05, 3.63) is 40.7 Å². The summed E-state index contributed by atoms with van der Waals surface area (Å²) in [5.74, 6) is 2.67. The third-order valence-corrected chi connectivity index (χ3v) is 4.31. The van der Waals surface area contributed by atoms with Gasteiger partial charge in [-0.05, 0) is 52.7 Å². The third kappa shape index (κ3) is 2.57. The summed E-state index contributed by atoms with van der Waals surface area (Å²) in [6.07, 6.45) is 2.45. The van der Waals surface area contributed by atoms with Crippen LogP contribution < -0.4 is 0 Å². The SMILES string of the molecule is CC(C)n1c(C2CC2)nnc1C(C)(C)c1cccc(Cl)n1. The molecule has 5 heteroatoms. The molecule has 1 saturated carbocycles. The Bertz CT molecular complexity index is 656. The van der Waals surface area contributed by atoms with Crippen LogP contribution >= 0.6 is 11.6 Å². The first kappa shape index (κ1) is 14.5. The minimum Gasteiger partial charge on any atom is -0.311 e. The van der Waals surface area contributed by atoms with Crippen LogP contribution in [-0.4, -0.2) is 19.7 Å². The lowest BCUT2D eigenvalue weighted by Crippen LogP contribution is -2.27. The molecule has 0 spiro atoms. The van der Waals surface area contributed by atoms with Gasteiger partial charge in [0, 0.05) is 12.0 Å². The zero-order valence-corrected chi connectivity index (χ0v) is 13.7. The van der Waals surface area contributed by atoms with E-state index in [1.165, 1.54) is 12.8 Å². The Morgan fingerprint density at radius 1 is 1.24 bits per heavy atom. The first-order valence-electron chi connectivity index (χ1n) is 7.49. The minimum absolute atomic E-state index is 0.324. The van der Waals surface area contributed by atoms with E-state index in [1.54, 1.807) is 6.07 Å². The molecule has 3 rings (SSSR count). The highest BCUT2D eigenvalue weighted by atomic mass is 35.5. The highest BCUT2D eigenvalue weighted by molar-refractivity contribution is 6.29. The van der Waals surface area contributed by atoms with E-state index in [9.17, 15) is 0 Å². The standard InChI is InChI=1S/C16H21ClN4/c1-10(2)21-14(11-8-9-11)19-20-15(21)16(3,4)12-6-5-7-13(17)18-12/h5-7,10-11H,8-9H2,1-4H3. The predicted octanol–water partition coefficient (Wildman–Crippen LogP) is 4.11. The van der Waals surface area contributed by atoms with E-state index in [0.717, 1.165) is 17.3 Å². The van der Waals surface area contributed by atoms with Gasteiger partial charge in [0.05, 0.1) is 11.1 Å². The molecular weight excluding hydrogens is 284 g/mol. The van der Waals surface area contributed by atoms with Crippen molar-refractivity contribution in [3.63, 3.8) is 0 Å². The first-order chi connectivity index (χ1) is 9.91. The largest absolute Gasteiger partial charge is 0.311 e. The monoisotopic (exact) mass is 304 g/mol. The molecule has 112 valence electrons. The number of hydrogen-bond acceptors (Lipinski definition) is 3. The van der Waals surface area contributed by atoms with Gasteiger partial charge in [-0.25, -0.2) is 4.98 Å². The Morgan fingerprint density at radius 2 is 1.95 bits per heavy atom. The minimum atomic E-state index is -0.324. The van der Waals surface area contributed by atoms with Crippen LogP contribution in [0.25, 0.3) is 0 Å². The van der Waals surface area contributed by atoms with Gasteiger partial charge in [-0.15, -0.1) is 10.2 Å². The fraction of sp³-hybridized carbons (Fsp3) is 0.562. The summed E-state index contributed by atoms with van der Waals surface area (Å²) in [6, 6.07) is 6.07. The molecule has 0 aliphatic heterocycles. The number of aromatic nitrogens is 4. The lowest BCUT2D eigenvalue weighted by atomic mass is 9.87. The topological polar surface area (TPSA) is 43.6 Å². The molecule has 1 fully saturated rings. The first-order valence-corrected chi connectivity index (χ1v) is 7.87. The second-order valence-electron chi connectivity index (χ2n) is 6.59. The summed E-state index contributed by atoms with van der Waals surface area (Å²) in [5, 5.41) is 9.48. The Hall–Kier alpha value is -1.42. The average molecular weight is 305 g/mol. The van der Waals surface area contributed by atoms with Crippen molar-refractivity contribution in [2.24, 2.45) is 0 Å². The van der Waals surface area contributed by atoms with Crippen LogP contribution in [0, 0.1) is 0 Å². The fourth-order valence-corrected chi connectivity index (χ4v) is 2.89. The van der Waals surface area contributed by atoms with Gasteiger partial charge in [0.25, 0.3) is 0 Å². The Labute approximate surface area is 130 Å². The summed E-state index contributed by atoms with van der Waals surface area (Å²) >= 11 is 6.05. The van der Waals surface area contributed by atoms with Crippen molar-refractivity contribution < 1.29 is 0 Å². The van der Waals surface area contributed by atoms with E-state index in [0.29, 0.717) is 17.1 Å². The van der Waals surface area contributed by atoms with Gasteiger partial charge in [-0.2, -0.15) is 0 Å². The maximum absolute atomic E-state index is 6.05. The van der Waals surface area contributed by atoms with Crippen molar-refractivity contribution in [3.8, 4) is 0 Å². The lowest BCUT2D eigenvalue weighted by Gasteiger charge is -2.26. The molecule has 4 nitrogen and oxygen atoms in total. The van der Waals surface area contributed by atoms with E-state index < -0.39 is 0 Å². The van der Waals surface area contributed by atoms with Crippen molar-refractivity contribution in [2.75, 3.05) is 0 Å². The van der Waals surface area contributed by atoms with Crippen LogP contribution in [0.3, 0.4) is 0 Å². The fourth-order valence-electron chi connectivity index (χ4n) is 2.73. The van der Waals surface area contributed by atoms with Gasteiger partial charge in [-0.3, -0.25) is 0 Å². The summed E-state index contributed by atoms with van der Waals surface area (Å²) in [6.45, 7) is 8.62. The van der Waals surface area contributed by atoms with Gasteiger partial charge >= 0.3 is 0 Å². The van der Waals surface area contributed by atoms with Gasteiger partial charge in [-0.1, -0.05) is 17.7 Å². The zero-order chi connectivity index (χ0) is 15.2. The molecule has 21 heavy (non-hydrogen) atoms. The summed E-state index contributed by atoms with van der Waals surface area (Å²) in [7, 11) is 0. The van der Waals surface area contributed by atoms with Crippen LogP contribution in [0.2, 0.25) is 5.15 Å². The molecule has 0 unspecified atom stereocenters. The molecule has 0 saturated heterocycles. The smallest absolute Gasteiger partial charge is 0.144 e. The molecule has 0 aromatic carbocycles. The third-order valence-electron chi connectivity index (χ3n) is 4.10. The molecule has 0 bridgehead atoms. The van der Waals surface area contributed by atoms with Gasteiger partial charge in [0.15, 0.2) is 0 Å². The Balaban J connectivity index is 2.10. The average Bonchev–Trinajstić information content (AvgIpc) is 3.16. The molecule has 1 aliphatic carbocycles. The quantitative estimate of drug-likeness (QED) is 0.798. The van der Waals surface area contributed by atoms with E-state index in [1.807, 2.05) is 12.1 Å². The highest BCUT2D eigenvalue weighted by Crippen LogP contribution is 2.42. The highest BCUT2D eigenvalue weighted by Gasteiger charge is 2.37. The van der Waals surface area contributed by atoms with Crippen LogP contribution in [0.1, 0.15) is 69.8 Å². The molecule has 0 amide bonds. The maximum atomic E-state index is 6.05. The second-order valence-corrected chi connectivity index (χ2v) is 6.98. The summed E-state index contributed by atoms with van der Waals surface area (Å²) < 4.78 is 2.28. The maximum Gasteiger partial charge on any atom is 0.144 e. The number of nitrogens with zero attached hydrogens (tertiary/aromatic N) is 4. The molecule has 0 radical (unpaired) electrons. The molecule has 0 N–H and O–H groups in total. The number of hydrogen-bond donors (Lipinski definition) is 0. The lowest BCUT2D eigenvalue weighted by molar-refractivity contribution is 0.474.